The van der Waals surface area contributed by atoms with Gasteiger partial charge in [-0.2, -0.15) is 0 Å². The summed E-state index contributed by atoms with van der Waals surface area (Å²) in [5.74, 6) is -0.322. The van der Waals surface area contributed by atoms with E-state index < -0.39 is 9.84 Å². The number of hydrogen-bond donors (Lipinski definition) is 1. The summed E-state index contributed by atoms with van der Waals surface area (Å²) >= 11 is 0. The second kappa shape index (κ2) is 7.92. The van der Waals surface area contributed by atoms with E-state index in [0.29, 0.717) is 5.69 Å². The molecule has 1 amide bonds. The maximum absolute atomic E-state index is 12.6. The molecule has 3 rings (SSSR count). The molecule has 136 valence electrons. The Balaban J connectivity index is 1.70. The van der Waals surface area contributed by atoms with Gasteiger partial charge in [0.05, 0.1) is 9.79 Å². The number of carbonyl (C=O) groups excluding carboxylic acids is 1. The third-order valence-electron chi connectivity index (χ3n) is 3.74. The first kappa shape index (κ1) is 18.5. The Kier molecular flexibility index (Phi) is 5.42. The highest BCUT2D eigenvalue weighted by molar-refractivity contribution is 7.91. The second-order valence-electron chi connectivity index (χ2n) is 5.77. The van der Waals surface area contributed by atoms with Crippen molar-refractivity contribution in [1.29, 1.82) is 0 Å². The highest BCUT2D eigenvalue weighted by Gasteiger charge is 2.17. The van der Waals surface area contributed by atoms with Crippen molar-refractivity contribution in [1.82, 2.24) is 9.97 Å². The number of aryl methyl sites for hydroxylation is 1. The van der Waals surface area contributed by atoms with Crippen molar-refractivity contribution in [2.75, 3.05) is 5.32 Å². The maximum Gasteiger partial charge on any atom is 0.248 e. The van der Waals surface area contributed by atoms with Gasteiger partial charge in [-0.25, -0.2) is 8.42 Å². The number of sulfone groups is 1. The standard InChI is InChI=1S/C20H17N3O3S/c1-15-4-8-19(14-22-15)27(25,26)18-9-6-17(7-10-18)23-20(24)11-5-16-3-2-12-21-13-16/h2-14H,1H3,(H,23,24). The molecule has 27 heavy (non-hydrogen) atoms. The fraction of sp³-hybridized carbons (Fsp3) is 0.0500. The number of nitrogens with zero attached hydrogens (tertiary/aromatic N) is 2. The van der Waals surface area contributed by atoms with E-state index in [1.54, 1.807) is 49.7 Å². The molecule has 2 heterocycles. The molecule has 1 N–H and O–H groups in total. The summed E-state index contributed by atoms with van der Waals surface area (Å²) in [5, 5.41) is 2.68. The number of anilines is 1. The summed E-state index contributed by atoms with van der Waals surface area (Å²) in [4.78, 5) is 20.2. The van der Waals surface area contributed by atoms with Crippen molar-refractivity contribution in [3.05, 3.63) is 84.5 Å². The SMILES string of the molecule is Cc1ccc(S(=O)(=O)c2ccc(NC(=O)C=Cc3cccnc3)cc2)cn1. The maximum atomic E-state index is 12.6. The number of nitrogens with one attached hydrogen (secondary N) is 1. The van der Waals surface area contributed by atoms with Crippen molar-refractivity contribution in [3.8, 4) is 0 Å². The predicted octanol–water partition coefficient (Wildman–Crippen LogP) is 3.27. The molecule has 2 aromatic heterocycles. The minimum atomic E-state index is -3.64. The number of rotatable bonds is 5. The van der Waals surface area contributed by atoms with Crippen molar-refractivity contribution >= 4 is 27.5 Å². The lowest BCUT2D eigenvalue weighted by Crippen LogP contribution is -2.08. The zero-order valence-electron chi connectivity index (χ0n) is 14.5. The Bertz CT molecular complexity index is 1060. The van der Waals surface area contributed by atoms with Crippen molar-refractivity contribution in [2.45, 2.75) is 16.7 Å². The molecule has 0 unspecified atom stereocenters. The van der Waals surface area contributed by atoms with Crippen LogP contribution in [0.25, 0.3) is 6.08 Å². The molecule has 0 radical (unpaired) electrons. The lowest BCUT2D eigenvalue weighted by molar-refractivity contribution is -0.111. The largest absolute Gasteiger partial charge is 0.323 e. The van der Waals surface area contributed by atoms with Gasteiger partial charge in [0.15, 0.2) is 0 Å². The van der Waals surface area contributed by atoms with E-state index in [9.17, 15) is 13.2 Å². The van der Waals surface area contributed by atoms with Gasteiger partial charge in [0.2, 0.25) is 15.7 Å². The van der Waals surface area contributed by atoms with Gasteiger partial charge >= 0.3 is 0 Å². The molecule has 0 atom stereocenters. The van der Waals surface area contributed by atoms with Gasteiger partial charge in [-0.1, -0.05) is 6.07 Å². The van der Waals surface area contributed by atoms with Crippen LogP contribution in [0.4, 0.5) is 5.69 Å². The monoisotopic (exact) mass is 379 g/mol. The smallest absolute Gasteiger partial charge is 0.248 e. The molecule has 0 saturated heterocycles. The van der Waals surface area contributed by atoms with E-state index in [2.05, 4.69) is 15.3 Å². The van der Waals surface area contributed by atoms with Crippen LogP contribution in [0, 0.1) is 6.92 Å². The van der Waals surface area contributed by atoms with Crippen LogP contribution in [0.1, 0.15) is 11.3 Å². The Hall–Kier alpha value is -3.32. The van der Waals surface area contributed by atoms with E-state index in [-0.39, 0.29) is 15.7 Å². The van der Waals surface area contributed by atoms with Gasteiger partial charge in [0.1, 0.15) is 0 Å². The van der Waals surface area contributed by atoms with E-state index in [4.69, 9.17) is 0 Å². The average molecular weight is 379 g/mol. The molecule has 0 aliphatic rings. The van der Waals surface area contributed by atoms with Gasteiger partial charge in [0.25, 0.3) is 0 Å². The number of amides is 1. The Morgan fingerprint density at radius 3 is 2.37 bits per heavy atom. The highest BCUT2D eigenvalue weighted by Crippen LogP contribution is 2.22. The number of carbonyl (C=O) groups is 1. The van der Waals surface area contributed by atoms with E-state index >= 15 is 0 Å². The van der Waals surface area contributed by atoms with E-state index in [1.165, 1.54) is 30.5 Å². The summed E-state index contributed by atoms with van der Waals surface area (Å²) in [6, 6.07) is 12.8. The topological polar surface area (TPSA) is 89.0 Å². The normalized spacial score (nSPS) is 11.4. The van der Waals surface area contributed by atoms with Crippen molar-refractivity contribution in [2.24, 2.45) is 0 Å². The molecule has 0 spiro atoms. The number of hydrogen-bond acceptors (Lipinski definition) is 5. The van der Waals surface area contributed by atoms with E-state index in [1.807, 2.05) is 6.07 Å². The van der Waals surface area contributed by atoms with Crippen LogP contribution in [0.15, 0.2) is 83.0 Å². The van der Waals surface area contributed by atoms with Gasteiger partial charge in [-0.15, -0.1) is 0 Å². The minimum absolute atomic E-state index is 0.129. The molecule has 0 fully saturated rings. The van der Waals surface area contributed by atoms with Gasteiger partial charge in [-0.05, 0) is 61.0 Å². The Labute approximate surface area is 157 Å². The minimum Gasteiger partial charge on any atom is -0.323 e. The summed E-state index contributed by atoms with van der Waals surface area (Å²) in [5.41, 5.74) is 2.05. The van der Waals surface area contributed by atoms with Crippen LogP contribution in [0.3, 0.4) is 0 Å². The van der Waals surface area contributed by atoms with Gasteiger partial charge < -0.3 is 5.32 Å². The van der Waals surface area contributed by atoms with Crippen molar-refractivity contribution in [3.63, 3.8) is 0 Å². The molecule has 6 nitrogen and oxygen atoms in total. The second-order valence-corrected chi connectivity index (χ2v) is 7.72. The van der Waals surface area contributed by atoms with Crippen molar-refractivity contribution < 1.29 is 13.2 Å². The molecule has 0 bridgehead atoms. The lowest BCUT2D eigenvalue weighted by atomic mass is 10.2. The molecule has 0 aliphatic heterocycles. The summed E-state index contributed by atoms with van der Waals surface area (Å²) in [6.45, 7) is 1.79. The van der Waals surface area contributed by atoms with Crippen LogP contribution >= 0.6 is 0 Å². The third-order valence-corrected chi connectivity index (χ3v) is 5.49. The Morgan fingerprint density at radius 2 is 1.74 bits per heavy atom. The molecule has 0 saturated carbocycles. The number of benzene rings is 1. The molecule has 7 heteroatoms. The van der Waals surface area contributed by atoms with Crippen LogP contribution in [0.2, 0.25) is 0 Å². The molecule has 0 aliphatic carbocycles. The average Bonchev–Trinajstić information content (AvgIpc) is 2.68. The molecule has 3 aromatic rings. The zero-order chi connectivity index (χ0) is 19.3. The number of pyridine rings is 2. The molecular formula is C20H17N3O3S. The molecular weight excluding hydrogens is 362 g/mol. The summed E-state index contributed by atoms with van der Waals surface area (Å²) in [7, 11) is -3.64. The number of aromatic nitrogens is 2. The predicted molar refractivity (Wildman–Crippen MR) is 103 cm³/mol. The fourth-order valence-electron chi connectivity index (χ4n) is 2.30. The molecule has 1 aromatic carbocycles. The lowest BCUT2D eigenvalue weighted by Gasteiger charge is -2.07. The first-order valence-corrected chi connectivity index (χ1v) is 9.60. The van der Waals surface area contributed by atoms with E-state index in [0.717, 1.165) is 11.3 Å². The Morgan fingerprint density at radius 1 is 1.00 bits per heavy atom. The zero-order valence-corrected chi connectivity index (χ0v) is 15.3. The third kappa shape index (κ3) is 4.65. The van der Waals surface area contributed by atoms with Crippen LogP contribution in [-0.4, -0.2) is 24.3 Å². The van der Waals surface area contributed by atoms with Gasteiger partial charge in [0, 0.05) is 36.0 Å². The van der Waals surface area contributed by atoms with Crippen LogP contribution < -0.4 is 5.32 Å². The first-order chi connectivity index (χ1) is 12.9. The quantitative estimate of drug-likeness (QED) is 0.687. The summed E-state index contributed by atoms with van der Waals surface area (Å²) in [6.07, 6.45) is 7.66. The van der Waals surface area contributed by atoms with Gasteiger partial charge in [-0.3, -0.25) is 14.8 Å². The van der Waals surface area contributed by atoms with Crippen LogP contribution in [0.5, 0.6) is 0 Å². The van der Waals surface area contributed by atoms with Crippen LogP contribution in [-0.2, 0) is 14.6 Å². The highest BCUT2D eigenvalue weighted by atomic mass is 32.2. The fourth-order valence-corrected chi connectivity index (χ4v) is 3.50. The first-order valence-electron chi connectivity index (χ1n) is 8.12. The summed E-state index contributed by atoms with van der Waals surface area (Å²) < 4.78 is 25.2.